The van der Waals surface area contributed by atoms with E-state index in [4.69, 9.17) is 4.98 Å². The van der Waals surface area contributed by atoms with Crippen molar-refractivity contribution in [3.8, 4) is 0 Å². The summed E-state index contributed by atoms with van der Waals surface area (Å²) in [5.41, 5.74) is 2.48. The first-order valence-electron chi connectivity index (χ1n) is 8.79. The molecule has 0 saturated carbocycles. The third-order valence-corrected chi connectivity index (χ3v) is 4.91. The Hall–Kier alpha value is -2.57. The smallest absolute Gasteiger partial charge is 0.225 e. The van der Waals surface area contributed by atoms with E-state index in [-0.39, 0.29) is 5.78 Å². The van der Waals surface area contributed by atoms with Crippen LogP contribution in [0.5, 0.6) is 0 Å². The average Bonchev–Trinajstić information content (AvgIpc) is 2.61. The summed E-state index contributed by atoms with van der Waals surface area (Å²) >= 11 is 0. The molecule has 0 amide bonds. The number of aromatic nitrogens is 4. The second-order valence-corrected chi connectivity index (χ2v) is 6.89. The molecule has 3 heterocycles. The molecule has 7 heteroatoms. The van der Waals surface area contributed by atoms with Gasteiger partial charge in [-0.3, -0.25) is 4.79 Å². The average molecular weight is 338 g/mol. The van der Waals surface area contributed by atoms with Gasteiger partial charge < -0.3 is 9.80 Å². The van der Waals surface area contributed by atoms with E-state index in [0.29, 0.717) is 12.3 Å². The molecule has 1 fully saturated rings. The first-order valence-corrected chi connectivity index (χ1v) is 8.79. The van der Waals surface area contributed by atoms with Gasteiger partial charge in [-0.2, -0.15) is 0 Å². The number of hydrogen-bond donors (Lipinski definition) is 0. The molecule has 4 rings (SSSR count). The lowest BCUT2D eigenvalue weighted by atomic mass is 9.86. The Labute approximate surface area is 147 Å². The molecule has 1 unspecified atom stereocenters. The molecule has 2 aromatic rings. The Morgan fingerprint density at radius 3 is 2.28 bits per heavy atom. The van der Waals surface area contributed by atoms with Gasteiger partial charge in [0.1, 0.15) is 0 Å². The lowest BCUT2D eigenvalue weighted by molar-refractivity contribution is 0.0951. The number of piperazine rings is 1. The molecule has 1 aliphatic heterocycles. The van der Waals surface area contributed by atoms with Crippen molar-refractivity contribution in [2.24, 2.45) is 5.92 Å². The van der Waals surface area contributed by atoms with Crippen LogP contribution in [0.1, 0.15) is 35.1 Å². The summed E-state index contributed by atoms with van der Waals surface area (Å²) in [4.78, 5) is 34.7. The molecule has 2 aromatic heterocycles. The number of rotatable bonds is 2. The highest BCUT2D eigenvalue weighted by Crippen LogP contribution is 2.27. The normalized spacial score (nSPS) is 20.6. The summed E-state index contributed by atoms with van der Waals surface area (Å²) in [7, 11) is 0. The fourth-order valence-electron chi connectivity index (χ4n) is 3.65. The Morgan fingerprint density at radius 1 is 0.960 bits per heavy atom. The van der Waals surface area contributed by atoms with Gasteiger partial charge in [0, 0.05) is 45.0 Å². The lowest BCUT2D eigenvalue weighted by Gasteiger charge is -2.35. The minimum atomic E-state index is 0.184. The Balaban J connectivity index is 1.53. The monoisotopic (exact) mass is 338 g/mol. The summed E-state index contributed by atoms with van der Waals surface area (Å²) in [6.07, 6.45) is 4.99. The van der Waals surface area contributed by atoms with Gasteiger partial charge in [-0.05, 0) is 25.3 Å². The number of Topliss-reactive ketones (excluding diaryl/α,β-unsaturated/α-hetero) is 1. The molecule has 0 spiro atoms. The predicted octanol–water partition coefficient (Wildman–Crippen LogP) is 1.67. The highest BCUT2D eigenvalue weighted by Gasteiger charge is 2.28. The molecule has 0 bridgehead atoms. The van der Waals surface area contributed by atoms with E-state index in [2.05, 4.69) is 31.7 Å². The number of aryl methyl sites for hydroxylation is 1. The largest absolute Gasteiger partial charge is 0.337 e. The van der Waals surface area contributed by atoms with Crippen LogP contribution in [-0.4, -0.2) is 51.9 Å². The number of carbonyl (C=O) groups is 1. The van der Waals surface area contributed by atoms with Gasteiger partial charge in [0.25, 0.3) is 0 Å². The highest BCUT2D eigenvalue weighted by molar-refractivity contribution is 5.99. The van der Waals surface area contributed by atoms with Gasteiger partial charge in [-0.25, -0.2) is 19.9 Å². The van der Waals surface area contributed by atoms with Gasteiger partial charge >= 0.3 is 0 Å². The van der Waals surface area contributed by atoms with E-state index in [1.54, 1.807) is 12.4 Å². The number of hydrogen-bond acceptors (Lipinski definition) is 7. The van der Waals surface area contributed by atoms with E-state index in [1.165, 1.54) is 0 Å². The van der Waals surface area contributed by atoms with E-state index in [0.717, 1.165) is 61.4 Å². The van der Waals surface area contributed by atoms with Crippen LogP contribution in [0, 0.1) is 12.8 Å². The maximum absolute atomic E-state index is 12.3. The van der Waals surface area contributed by atoms with Crippen LogP contribution in [0.25, 0.3) is 0 Å². The summed E-state index contributed by atoms with van der Waals surface area (Å²) in [6.45, 7) is 7.33. The minimum absolute atomic E-state index is 0.184. The SMILES string of the molecule is Cc1nc(N2CCN(c3ncccn3)CC2)nc2c1C(=O)CC(C)C2. The standard InChI is InChI=1S/C18H22N6O/c1-12-10-14-16(15(25)11-12)13(2)21-18(22-14)24-8-6-23(7-9-24)17-19-4-3-5-20-17/h3-5,12H,6-11H2,1-2H3. The third kappa shape index (κ3) is 3.06. The predicted molar refractivity (Wildman–Crippen MR) is 95.0 cm³/mol. The molecule has 0 radical (unpaired) electrons. The molecule has 2 aliphatic rings. The van der Waals surface area contributed by atoms with Crippen LogP contribution >= 0.6 is 0 Å². The van der Waals surface area contributed by atoms with Crippen molar-refractivity contribution in [3.05, 3.63) is 35.4 Å². The van der Waals surface area contributed by atoms with E-state index < -0.39 is 0 Å². The van der Waals surface area contributed by atoms with Crippen LogP contribution < -0.4 is 9.80 Å². The molecule has 0 aromatic carbocycles. The highest BCUT2D eigenvalue weighted by atomic mass is 16.1. The van der Waals surface area contributed by atoms with Gasteiger partial charge in [-0.15, -0.1) is 0 Å². The third-order valence-electron chi connectivity index (χ3n) is 4.91. The van der Waals surface area contributed by atoms with Crippen LogP contribution in [0.2, 0.25) is 0 Å². The summed E-state index contributed by atoms with van der Waals surface area (Å²) < 4.78 is 0. The van der Waals surface area contributed by atoms with Gasteiger partial charge in [0.05, 0.1) is 17.0 Å². The fraction of sp³-hybridized carbons (Fsp3) is 0.500. The topological polar surface area (TPSA) is 75.1 Å². The molecule has 0 N–H and O–H groups in total. The van der Waals surface area contributed by atoms with Crippen molar-refractivity contribution in [2.45, 2.75) is 26.7 Å². The number of nitrogens with zero attached hydrogens (tertiary/aromatic N) is 6. The maximum atomic E-state index is 12.3. The Morgan fingerprint density at radius 2 is 1.60 bits per heavy atom. The zero-order valence-electron chi connectivity index (χ0n) is 14.6. The zero-order chi connectivity index (χ0) is 17.4. The molecule has 1 aliphatic carbocycles. The molecule has 7 nitrogen and oxygen atoms in total. The summed E-state index contributed by atoms with van der Waals surface area (Å²) in [6, 6.07) is 1.83. The molecule has 1 atom stereocenters. The number of ketones is 1. The van der Waals surface area contributed by atoms with Gasteiger partial charge in [0.15, 0.2) is 5.78 Å². The van der Waals surface area contributed by atoms with Crippen molar-refractivity contribution >= 4 is 17.7 Å². The van der Waals surface area contributed by atoms with E-state index in [9.17, 15) is 4.79 Å². The van der Waals surface area contributed by atoms with Crippen molar-refractivity contribution in [3.63, 3.8) is 0 Å². The zero-order valence-corrected chi connectivity index (χ0v) is 14.6. The first kappa shape index (κ1) is 15.9. The Bertz CT molecular complexity index is 786. The lowest BCUT2D eigenvalue weighted by Crippen LogP contribution is -2.48. The van der Waals surface area contributed by atoms with Crippen LogP contribution in [0.4, 0.5) is 11.9 Å². The van der Waals surface area contributed by atoms with Crippen molar-refractivity contribution in [1.29, 1.82) is 0 Å². The summed E-state index contributed by atoms with van der Waals surface area (Å²) in [5, 5.41) is 0. The van der Waals surface area contributed by atoms with E-state index in [1.807, 2.05) is 13.0 Å². The van der Waals surface area contributed by atoms with Gasteiger partial charge in [-0.1, -0.05) is 6.92 Å². The quantitative estimate of drug-likeness (QED) is 0.824. The molecular weight excluding hydrogens is 316 g/mol. The minimum Gasteiger partial charge on any atom is -0.337 e. The van der Waals surface area contributed by atoms with Gasteiger partial charge in [0.2, 0.25) is 11.9 Å². The first-order chi connectivity index (χ1) is 12.1. The molecule has 1 saturated heterocycles. The molecule has 25 heavy (non-hydrogen) atoms. The van der Waals surface area contributed by atoms with Crippen molar-refractivity contribution in [2.75, 3.05) is 36.0 Å². The van der Waals surface area contributed by atoms with Crippen molar-refractivity contribution in [1.82, 2.24) is 19.9 Å². The number of carbonyl (C=O) groups excluding carboxylic acids is 1. The second-order valence-electron chi connectivity index (χ2n) is 6.89. The van der Waals surface area contributed by atoms with Crippen molar-refractivity contribution < 1.29 is 4.79 Å². The Kier molecular flexibility index (Phi) is 4.07. The van der Waals surface area contributed by atoms with Crippen LogP contribution in [0.15, 0.2) is 18.5 Å². The number of anilines is 2. The van der Waals surface area contributed by atoms with E-state index >= 15 is 0 Å². The second kappa shape index (κ2) is 6.38. The van der Waals surface area contributed by atoms with Crippen LogP contribution in [0.3, 0.4) is 0 Å². The molecule has 130 valence electrons. The fourth-order valence-corrected chi connectivity index (χ4v) is 3.65. The summed E-state index contributed by atoms with van der Waals surface area (Å²) in [5.74, 6) is 2.05. The maximum Gasteiger partial charge on any atom is 0.225 e. The van der Waals surface area contributed by atoms with Crippen LogP contribution in [-0.2, 0) is 6.42 Å². The number of fused-ring (bicyclic) bond motifs is 1. The molecular formula is C18H22N6O.